The standard InChI is InChI=1S/C29H37NO4/c1-22(9-5-6-12-23-10-3-2-4-11-23)27(31)18-16-26-17-19-28(32)30(26)20-8-14-24-13-7-15-25(21-24)29(33)34/h2-4,7,10-11,13,15-16,18,21-22,26-27,31H,5-6,8-9,12,14,17,19-20H2,1H3,(H,33,34)/t22-,26-,27+/m0/s1. The number of aromatic carboxylic acids is 1. The molecule has 182 valence electrons. The van der Waals surface area contributed by atoms with Crippen LogP contribution in [0.5, 0.6) is 0 Å². The maximum absolute atomic E-state index is 12.4. The van der Waals surface area contributed by atoms with Gasteiger partial charge in [0.1, 0.15) is 0 Å². The van der Waals surface area contributed by atoms with Crippen molar-refractivity contribution >= 4 is 11.9 Å². The number of aliphatic hydroxyl groups is 1. The van der Waals surface area contributed by atoms with Crippen LogP contribution < -0.4 is 0 Å². The molecule has 2 aromatic carbocycles. The highest BCUT2D eigenvalue weighted by Gasteiger charge is 2.28. The Hall–Kier alpha value is -2.92. The molecule has 0 bridgehead atoms. The minimum absolute atomic E-state index is 0.0257. The van der Waals surface area contributed by atoms with Gasteiger partial charge in [0.25, 0.3) is 0 Å². The molecule has 1 fully saturated rings. The molecule has 0 spiro atoms. The van der Waals surface area contributed by atoms with E-state index in [1.54, 1.807) is 18.2 Å². The zero-order valence-corrected chi connectivity index (χ0v) is 20.1. The third-order valence-corrected chi connectivity index (χ3v) is 6.74. The SMILES string of the molecule is C[C@@H](CCCCc1ccccc1)[C@H](O)C=C[C@H]1CCC(=O)N1CCCc1cccc(C(=O)O)c1. The normalized spacial score (nSPS) is 17.9. The van der Waals surface area contributed by atoms with Crippen LogP contribution in [-0.2, 0) is 17.6 Å². The minimum atomic E-state index is -0.925. The highest BCUT2D eigenvalue weighted by Crippen LogP contribution is 2.22. The number of carbonyl (C=O) groups is 2. The second kappa shape index (κ2) is 13.1. The molecule has 2 N–H and O–H groups in total. The zero-order chi connectivity index (χ0) is 24.3. The van der Waals surface area contributed by atoms with Crippen molar-refractivity contribution in [3.8, 4) is 0 Å². The molecule has 2 aromatic rings. The van der Waals surface area contributed by atoms with E-state index in [1.807, 2.05) is 29.2 Å². The van der Waals surface area contributed by atoms with Crippen molar-refractivity contribution in [3.05, 3.63) is 83.4 Å². The molecule has 34 heavy (non-hydrogen) atoms. The number of carboxylic acids is 1. The van der Waals surface area contributed by atoms with Crippen molar-refractivity contribution in [2.24, 2.45) is 5.92 Å². The molecule has 5 heteroatoms. The highest BCUT2D eigenvalue weighted by atomic mass is 16.4. The minimum Gasteiger partial charge on any atom is -0.478 e. The summed E-state index contributed by atoms with van der Waals surface area (Å²) in [6.45, 7) is 2.72. The first-order valence-electron chi connectivity index (χ1n) is 12.5. The number of hydrogen-bond acceptors (Lipinski definition) is 3. The van der Waals surface area contributed by atoms with E-state index >= 15 is 0 Å². The number of aliphatic hydroxyl groups excluding tert-OH is 1. The Labute approximate surface area is 203 Å². The predicted octanol–water partition coefficient (Wildman–Crippen LogP) is 5.27. The van der Waals surface area contributed by atoms with E-state index in [9.17, 15) is 14.7 Å². The molecule has 0 saturated carbocycles. The summed E-state index contributed by atoms with van der Waals surface area (Å²) in [6.07, 6.45) is 10.4. The lowest BCUT2D eigenvalue weighted by atomic mass is 9.95. The van der Waals surface area contributed by atoms with Crippen LogP contribution in [-0.4, -0.2) is 45.7 Å². The molecule has 1 amide bonds. The molecule has 0 unspecified atom stereocenters. The van der Waals surface area contributed by atoms with Gasteiger partial charge in [-0.2, -0.15) is 0 Å². The lowest BCUT2D eigenvalue weighted by Crippen LogP contribution is -2.33. The number of benzene rings is 2. The first-order valence-corrected chi connectivity index (χ1v) is 12.5. The summed E-state index contributed by atoms with van der Waals surface area (Å²) in [6, 6.07) is 17.5. The van der Waals surface area contributed by atoms with E-state index < -0.39 is 12.1 Å². The third kappa shape index (κ3) is 7.84. The topological polar surface area (TPSA) is 77.8 Å². The Balaban J connectivity index is 1.42. The zero-order valence-electron chi connectivity index (χ0n) is 20.1. The Morgan fingerprint density at radius 3 is 2.56 bits per heavy atom. The summed E-state index contributed by atoms with van der Waals surface area (Å²) < 4.78 is 0. The van der Waals surface area contributed by atoms with Crippen LogP contribution >= 0.6 is 0 Å². The Kier molecular flexibility index (Phi) is 9.89. The summed E-state index contributed by atoms with van der Waals surface area (Å²) in [5.41, 5.74) is 2.62. The molecule has 1 aliphatic rings. The number of carbonyl (C=O) groups excluding carboxylic acids is 1. The number of nitrogens with zero attached hydrogens (tertiary/aromatic N) is 1. The van der Waals surface area contributed by atoms with Crippen molar-refractivity contribution in [2.75, 3.05) is 6.54 Å². The van der Waals surface area contributed by atoms with Gasteiger partial charge in [-0.1, -0.05) is 68.0 Å². The van der Waals surface area contributed by atoms with E-state index in [4.69, 9.17) is 5.11 Å². The van der Waals surface area contributed by atoms with Gasteiger partial charge in [-0.05, 0) is 67.7 Å². The van der Waals surface area contributed by atoms with Gasteiger partial charge in [0.2, 0.25) is 5.91 Å². The van der Waals surface area contributed by atoms with E-state index in [0.717, 1.165) is 50.5 Å². The number of amides is 1. The first-order chi connectivity index (χ1) is 16.4. The quantitative estimate of drug-likeness (QED) is 0.313. The second-order valence-corrected chi connectivity index (χ2v) is 9.39. The molecule has 1 saturated heterocycles. The fourth-order valence-corrected chi connectivity index (χ4v) is 4.60. The largest absolute Gasteiger partial charge is 0.478 e. The fraction of sp³-hybridized carbons (Fsp3) is 0.448. The van der Waals surface area contributed by atoms with E-state index in [-0.39, 0.29) is 17.9 Å². The van der Waals surface area contributed by atoms with Gasteiger partial charge in [0.15, 0.2) is 0 Å². The fourth-order valence-electron chi connectivity index (χ4n) is 4.60. The van der Waals surface area contributed by atoms with Crippen LogP contribution in [0.25, 0.3) is 0 Å². The summed E-state index contributed by atoms with van der Waals surface area (Å²) in [5.74, 6) is -0.595. The van der Waals surface area contributed by atoms with Gasteiger partial charge < -0.3 is 15.1 Å². The lowest BCUT2D eigenvalue weighted by molar-refractivity contribution is -0.128. The van der Waals surface area contributed by atoms with Gasteiger partial charge in [0, 0.05) is 13.0 Å². The monoisotopic (exact) mass is 463 g/mol. The number of hydrogen-bond donors (Lipinski definition) is 2. The number of carboxylic acid groups (broad SMARTS) is 1. The van der Waals surface area contributed by atoms with E-state index in [0.29, 0.717) is 18.5 Å². The van der Waals surface area contributed by atoms with Crippen molar-refractivity contribution in [3.63, 3.8) is 0 Å². The first kappa shape index (κ1) is 25.7. The molecule has 1 heterocycles. The summed E-state index contributed by atoms with van der Waals surface area (Å²) >= 11 is 0. The lowest BCUT2D eigenvalue weighted by Gasteiger charge is -2.23. The smallest absolute Gasteiger partial charge is 0.335 e. The molecule has 0 radical (unpaired) electrons. The van der Waals surface area contributed by atoms with Crippen molar-refractivity contribution in [1.29, 1.82) is 0 Å². The average Bonchev–Trinajstić information content (AvgIpc) is 3.20. The van der Waals surface area contributed by atoms with Gasteiger partial charge in [-0.25, -0.2) is 4.79 Å². The molecule has 3 atom stereocenters. The molecular weight excluding hydrogens is 426 g/mol. The summed E-state index contributed by atoms with van der Waals surface area (Å²) in [5, 5.41) is 19.8. The highest BCUT2D eigenvalue weighted by molar-refractivity contribution is 5.87. The average molecular weight is 464 g/mol. The van der Waals surface area contributed by atoms with Crippen LogP contribution in [0.2, 0.25) is 0 Å². The van der Waals surface area contributed by atoms with E-state index in [2.05, 4.69) is 31.2 Å². The Morgan fingerprint density at radius 2 is 1.79 bits per heavy atom. The van der Waals surface area contributed by atoms with Gasteiger partial charge in [-0.15, -0.1) is 0 Å². The van der Waals surface area contributed by atoms with Crippen molar-refractivity contribution in [1.82, 2.24) is 4.90 Å². The number of aryl methyl sites for hydroxylation is 2. The Bertz CT molecular complexity index is 956. The molecular formula is C29H37NO4. The third-order valence-electron chi connectivity index (χ3n) is 6.74. The van der Waals surface area contributed by atoms with Crippen LogP contribution in [0.3, 0.4) is 0 Å². The van der Waals surface area contributed by atoms with Crippen molar-refractivity contribution < 1.29 is 19.8 Å². The summed E-state index contributed by atoms with van der Waals surface area (Å²) in [7, 11) is 0. The molecule has 1 aliphatic heterocycles. The number of likely N-dealkylation sites (tertiary alicyclic amines) is 1. The second-order valence-electron chi connectivity index (χ2n) is 9.39. The maximum atomic E-state index is 12.4. The van der Waals surface area contributed by atoms with Gasteiger partial charge in [-0.3, -0.25) is 4.79 Å². The molecule has 5 nitrogen and oxygen atoms in total. The molecule has 0 aliphatic carbocycles. The van der Waals surface area contributed by atoms with Crippen LogP contribution in [0.15, 0.2) is 66.7 Å². The van der Waals surface area contributed by atoms with Crippen LogP contribution in [0, 0.1) is 5.92 Å². The van der Waals surface area contributed by atoms with Crippen LogP contribution in [0.1, 0.15) is 66.9 Å². The number of unbranched alkanes of at least 4 members (excludes halogenated alkanes) is 1. The predicted molar refractivity (Wildman–Crippen MR) is 135 cm³/mol. The van der Waals surface area contributed by atoms with Crippen LogP contribution in [0.4, 0.5) is 0 Å². The van der Waals surface area contributed by atoms with Gasteiger partial charge in [0.05, 0.1) is 17.7 Å². The van der Waals surface area contributed by atoms with Gasteiger partial charge >= 0.3 is 5.97 Å². The van der Waals surface area contributed by atoms with Crippen molar-refractivity contribution in [2.45, 2.75) is 70.4 Å². The Morgan fingerprint density at radius 1 is 1.06 bits per heavy atom. The number of rotatable bonds is 13. The molecule has 3 rings (SSSR count). The molecule has 0 aromatic heterocycles. The summed E-state index contributed by atoms with van der Waals surface area (Å²) in [4.78, 5) is 25.4. The van der Waals surface area contributed by atoms with E-state index in [1.165, 1.54) is 5.56 Å². The maximum Gasteiger partial charge on any atom is 0.335 e.